The van der Waals surface area contributed by atoms with Crippen molar-refractivity contribution in [3.63, 3.8) is 0 Å². The van der Waals surface area contributed by atoms with Gasteiger partial charge in [0, 0.05) is 6.61 Å². The van der Waals surface area contributed by atoms with Gasteiger partial charge in [0.05, 0.1) is 13.7 Å². The van der Waals surface area contributed by atoms with Crippen LogP contribution >= 0.6 is 0 Å². The Morgan fingerprint density at radius 3 is 2.06 bits per heavy atom. The summed E-state index contributed by atoms with van der Waals surface area (Å²) in [5.41, 5.74) is 0.847. The zero-order chi connectivity index (χ0) is 12.9. The van der Waals surface area contributed by atoms with Gasteiger partial charge in [-0.05, 0) is 24.6 Å². The quantitative estimate of drug-likeness (QED) is 0.828. The van der Waals surface area contributed by atoms with E-state index < -0.39 is 0 Å². The maximum absolute atomic E-state index is 9.00. The van der Waals surface area contributed by atoms with Crippen molar-refractivity contribution >= 4 is 0 Å². The van der Waals surface area contributed by atoms with Crippen LogP contribution in [0.15, 0.2) is 48.5 Å². The highest BCUT2D eigenvalue weighted by Crippen LogP contribution is 2.05. The molecule has 1 aromatic rings. The second kappa shape index (κ2) is 10.9. The Kier molecular flexibility index (Phi) is 9.91. The van der Waals surface area contributed by atoms with Gasteiger partial charge in [-0.2, -0.15) is 0 Å². The molecule has 0 amide bonds. The molecule has 0 spiro atoms. The van der Waals surface area contributed by atoms with Gasteiger partial charge >= 0.3 is 0 Å². The van der Waals surface area contributed by atoms with Gasteiger partial charge < -0.3 is 14.9 Å². The van der Waals surface area contributed by atoms with E-state index in [9.17, 15) is 0 Å². The summed E-state index contributed by atoms with van der Waals surface area (Å²) >= 11 is 0. The average Bonchev–Trinajstić information content (AvgIpc) is 2.36. The molecule has 0 aliphatic rings. The third kappa shape index (κ3) is 8.25. The number of aliphatic hydroxyl groups is 2. The minimum Gasteiger partial charge on any atom is -0.497 e. The monoisotopic (exact) mass is 236 g/mol. The Hall–Kier alpha value is -1.58. The zero-order valence-corrected chi connectivity index (χ0v) is 10.3. The van der Waals surface area contributed by atoms with E-state index in [1.54, 1.807) is 14.0 Å². The third-order valence-electron chi connectivity index (χ3n) is 1.78. The number of hydrogen-bond acceptors (Lipinski definition) is 3. The first-order valence-electron chi connectivity index (χ1n) is 5.46. The number of hydrogen-bond donors (Lipinski definition) is 2. The highest BCUT2D eigenvalue weighted by atomic mass is 16.5. The summed E-state index contributed by atoms with van der Waals surface area (Å²) in [5, 5.41) is 16.6. The maximum atomic E-state index is 9.00. The highest BCUT2D eigenvalue weighted by Gasteiger charge is 1.84. The first-order chi connectivity index (χ1) is 8.28. The van der Waals surface area contributed by atoms with Gasteiger partial charge in [-0.1, -0.05) is 36.4 Å². The molecule has 0 fully saturated rings. The van der Waals surface area contributed by atoms with E-state index in [-0.39, 0.29) is 13.2 Å². The van der Waals surface area contributed by atoms with E-state index in [1.165, 1.54) is 0 Å². The fraction of sp³-hybridized carbons (Fsp3) is 0.286. The van der Waals surface area contributed by atoms with Crippen LogP contribution in [-0.4, -0.2) is 23.9 Å². The van der Waals surface area contributed by atoms with Crippen LogP contribution in [0.2, 0.25) is 0 Å². The number of aliphatic hydroxyl groups excluding tert-OH is 2. The Labute approximate surface area is 103 Å². The number of ether oxygens (including phenoxy) is 1. The van der Waals surface area contributed by atoms with Crippen molar-refractivity contribution in [1.82, 2.24) is 0 Å². The van der Waals surface area contributed by atoms with Crippen LogP contribution in [-0.2, 0) is 6.61 Å². The fourth-order valence-corrected chi connectivity index (χ4v) is 1.000. The van der Waals surface area contributed by atoms with E-state index in [2.05, 4.69) is 0 Å². The molecular weight excluding hydrogens is 216 g/mol. The van der Waals surface area contributed by atoms with Gasteiger partial charge in [0.2, 0.25) is 0 Å². The van der Waals surface area contributed by atoms with Crippen molar-refractivity contribution in [3.05, 3.63) is 54.1 Å². The molecule has 0 atom stereocenters. The summed E-state index contributed by atoms with van der Waals surface area (Å²) in [5.74, 6) is 0.760. The fourth-order valence-electron chi connectivity index (χ4n) is 1.000. The van der Waals surface area contributed by atoms with Gasteiger partial charge in [-0.25, -0.2) is 0 Å². The van der Waals surface area contributed by atoms with Crippen LogP contribution in [0.1, 0.15) is 12.5 Å². The van der Waals surface area contributed by atoms with Crippen molar-refractivity contribution in [3.8, 4) is 5.75 Å². The summed E-state index contributed by atoms with van der Waals surface area (Å²) in [7, 11) is 1.62. The summed E-state index contributed by atoms with van der Waals surface area (Å²) < 4.78 is 5.11. The molecular formula is C14H20O3. The molecule has 2 N–H and O–H groups in total. The molecule has 0 aliphatic heterocycles. The normalized spacial score (nSPS) is 8.47. The van der Waals surface area contributed by atoms with E-state index in [0.29, 0.717) is 0 Å². The largest absolute Gasteiger partial charge is 0.497 e. The van der Waals surface area contributed by atoms with E-state index in [0.717, 1.165) is 11.3 Å². The summed E-state index contributed by atoms with van der Waals surface area (Å²) in [4.78, 5) is 0. The van der Waals surface area contributed by atoms with Gasteiger partial charge in [-0.3, -0.25) is 0 Å². The maximum Gasteiger partial charge on any atom is 0.118 e. The Morgan fingerprint density at radius 1 is 0.941 bits per heavy atom. The summed E-state index contributed by atoms with van der Waals surface area (Å²) in [6.07, 6.45) is 0. The zero-order valence-electron chi connectivity index (χ0n) is 10.3. The van der Waals surface area contributed by atoms with Crippen molar-refractivity contribution in [2.45, 2.75) is 13.5 Å². The molecule has 0 saturated carbocycles. The molecule has 0 unspecified atom stereocenters. The molecule has 0 aliphatic carbocycles. The van der Waals surface area contributed by atoms with Gasteiger partial charge in [0.1, 0.15) is 5.75 Å². The molecule has 3 nitrogen and oxygen atoms in total. The molecule has 0 aromatic heterocycles. The molecule has 94 valence electrons. The molecule has 1 rings (SSSR count). The summed E-state index contributed by atoms with van der Waals surface area (Å²) in [6.45, 7) is 1.96. The molecule has 3 heteroatoms. The molecule has 0 saturated heterocycles. The van der Waals surface area contributed by atoms with Crippen LogP contribution in [0.25, 0.3) is 0 Å². The van der Waals surface area contributed by atoms with Crippen LogP contribution in [0.3, 0.4) is 0 Å². The van der Waals surface area contributed by atoms with Crippen LogP contribution in [0.4, 0.5) is 0 Å². The molecule has 17 heavy (non-hydrogen) atoms. The summed E-state index contributed by atoms with van der Waals surface area (Å²) in [6, 6.07) is 15.0. The topological polar surface area (TPSA) is 49.7 Å². The molecule has 1 aromatic carbocycles. The minimum absolute atomic E-state index is 0.0293. The second-order valence-corrected chi connectivity index (χ2v) is 3.09. The lowest BCUT2D eigenvalue weighted by Gasteiger charge is -1.95. The average molecular weight is 236 g/mol. The van der Waals surface area contributed by atoms with E-state index in [1.807, 2.05) is 48.5 Å². The van der Waals surface area contributed by atoms with Crippen molar-refractivity contribution in [1.29, 1.82) is 0 Å². The first-order valence-corrected chi connectivity index (χ1v) is 5.46. The van der Waals surface area contributed by atoms with Crippen LogP contribution in [0.5, 0.6) is 5.75 Å². The predicted molar refractivity (Wildman–Crippen MR) is 69.3 cm³/mol. The predicted octanol–water partition coefficient (Wildman–Crippen LogP) is 2.31. The molecule has 0 radical (unpaired) electrons. The number of methoxy groups -OCH3 is 1. The smallest absolute Gasteiger partial charge is 0.118 e. The van der Waals surface area contributed by atoms with Crippen LogP contribution < -0.4 is 4.74 Å². The Balaban J connectivity index is 0.000000770. The van der Waals surface area contributed by atoms with Crippen molar-refractivity contribution < 1.29 is 14.9 Å². The van der Waals surface area contributed by atoms with Gasteiger partial charge in [-0.15, -0.1) is 0 Å². The van der Waals surface area contributed by atoms with E-state index in [4.69, 9.17) is 14.9 Å². The SMILES string of the molecule is CCO.COc1ccccccc(CO)cc1. The third-order valence-corrected chi connectivity index (χ3v) is 1.78. The second-order valence-electron chi connectivity index (χ2n) is 3.09. The van der Waals surface area contributed by atoms with E-state index >= 15 is 0 Å². The molecule has 0 heterocycles. The lowest BCUT2D eigenvalue weighted by Crippen LogP contribution is -1.80. The van der Waals surface area contributed by atoms with Crippen molar-refractivity contribution in [2.75, 3.05) is 13.7 Å². The van der Waals surface area contributed by atoms with Crippen molar-refractivity contribution in [2.24, 2.45) is 0 Å². The Morgan fingerprint density at radius 2 is 1.53 bits per heavy atom. The van der Waals surface area contributed by atoms with Gasteiger partial charge in [0.25, 0.3) is 0 Å². The molecule has 0 bridgehead atoms. The highest BCUT2D eigenvalue weighted by molar-refractivity contribution is 5.21. The lowest BCUT2D eigenvalue weighted by atomic mass is 10.2. The Bertz CT molecular complexity index is 316. The number of rotatable bonds is 2. The van der Waals surface area contributed by atoms with Crippen LogP contribution in [0, 0.1) is 0 Å². The first kappa shape index (κ1) is 15.4. The lowest BCUT2D eigenvalue weighted by molar-refractivity contribution is 0.282. The minimum atomic E-state index is 0.0293. The standard InChI is InChI=1S/C12H14O2.C2H6O/c1-14-12-7-5-3-2-4-6-11(10-13)8-9-12;1-2-3/h2-9,13H,10H2,1H3;3H,2H2,1H3. The van der Waals surface area contributed by atoms with Gasteiger partial charge in [0.15, 0.2) is 0 Å².